The van der Waals surface area contributed by atoms with E-state index in [1.54, 1.807) is 37.1 Å². The molecule has 0 saturated carbocycles. The molecule has 2 aliphatic rings. The van der Waals surface area contributed by atoms with Gasteiger partial charge < -0.3 is 20.0 Å². The van der Waals surface area contributed by atoms with Crippen molar-refractivity contribution in [3.8, 4) is 0 Å². The molecule has 6 heteroatoms. The molecule has 0 spiro atoms. The predicted octanol–water partition coefficient (Wildman–Crippen LogP) is 2.72. The smallest absolute Gasteiger partial charge is 0.264 e. The summed E-state index contributed by atoms with van der Waals surface area (Å²) in [6.45, 7) is 2.47. The second-order valence-corrected chi connectivity index (χ2v) is 7.77. The fourth-order valence-corrected chi connectivity index (χ4v) is 4.16. The van der Waals surface area contributed by atoms with Gasteiger partial charge >= 0.3 is 0 Å². The minimum Gasteiger partial charge on any atom is -0.396 e. The molecule has 0 aliphatic carbocycles. The number of likely N-dealkylation sites (N-methyl/N-ethyl adjacent to an activating group) is 1. The quantitative estimate of drug-likeness (QED) is 0.763. The minimum atomic E-state index is -1.68. The van der Waals surface area contributed by atoms with Gasteiger partial charge in [0.15, 0.2) is 5.60 Å². The summed E-state index contributed by atoms with van der Waals surface area (Å²) in [5.74, 6) is -0.745. The van der Waals surface area contributed by atoms with E-state index in [0.29, 0.717) is 30.6 Å². The first-order valence-corrected chi connectivity index (χ1v) is 10.1. The topological polar surface area (TPSA) is 81.1 Å². The lowest BCUT2D eigenvalue weighted by molar-refractivity contribution is -0.139. The van der Waals surface area contributed by atoms with Crippen LogP contribution in [-0.2, 0) is 15.2 Å². The van der Waals surface area contributed by atoms with Gasteiger partial charge in [0.25, 0.3) is 5.91 Å². The molecule has 2 N–H and O–H groups in total. The monoisotopic (exact) mass is 386 g/mol. The van der Waals surface area contributed by atoms with E-state index in [9.17, 15) is 14.7 Å². The van der Waals surface area contributed by atoms with Crippen LogP contribution in [0.2, 0.25) is 0 Å². The van der Waals surface area contributed by atoms with E-state index in [1.807, 2.05) is 12.1 Å². The largest absolute Gasteiger partial charge is 0.396 e. The zero-order valence-electron chi connectivity index (χ0n) is 16.7. The second kappa shape index (κ2) is 8.45. The summed E-state index contributed by atoms with van der Waals surface area (Å²) >= 11 is 0. The number of fused-ring (bicyclic) bond motifs is 1. The van der Waals surface area contributed by atoms with E-state index in [4.69, 9.17) is 5.11 Å². The molecule has 6 nitrogen and oxygen atoms in total. The molecule has 2 atom stereocenters. The van der Waals surface area contributed by atoms with Gasteiger partial charge in [-0.25, -0.2) is 0 Å². The number of anilines is 2. The summed E-state index contributed by atoms with van der Waals surface area (Å²) in [7, 11) is 1.66. The molecule has 2 amide bonds. The van der Waals surface area contributed by atoms with Crippen molar-refractivity contribution in [2.75, 3.05) is 30.0 Å². The van der Waals surface area contributed by atoms with Gasteiger partial charge in [-0.3, -0.25) is 9.59 Å². The van der Waals surface area contributed by atoms with Gasteiger partial charge in [0, 0.05) is 43.8 Å². The number of rotatable bonds is 5. The number of carbonyl (C=O) groups is 2. The third kappa shape index (κ3) is 3.59. The highest BCUT2D eigenvalue weighted by molar-refractivity contribution is 6.07. The Hall–Kier alpha value is -2.18. The fourth-order valence-electron chi connectivity index (χ4n) is 4.16. The zero-order valence-corrected chi connectivity index (χ0v) is 16.7. The molecular weight excluding hydrogens is 356 g/mol. The van der Waals surface area contributed by atoms with Gasteiger partial charge in [-0.1, -0.05) is 31.9 Å². The highest BCUT2D eigenvalue weighted by Gasteiger charge is 2.51. The summed E-state index contributed by atoms with van der Waals surface area (Å²) in [5.41, 5.74) is 0.253. The van der Waals surface area contributed by atoms with Gasteiger partial charge in [0.2, 0.25) is 5.91 Å². The van der Waals surface area contributed by atoms with Crippen molar-refractivity contribution in [1.29, 1.82) is 0 Å². The van der Waals surface area contributed by atoms with Crippen LogP contribution in [0.5, 0.6) is 0 Å². The highest BCUT2D eigenvalue weighted by Crippen LogP contribution is 2.46. The van der Waals surface area contributed by atoms with Gasteiger partial charge in [-0.2, -0.15) is 0 Å². The molecule has 1 aromatic carbocycles. The molecule has 3 rings (SSSR count). The summed E-state index contributed by atoms with van der Waals surface area (Å²) < 4.78 is 0. The van der Waals surface area contributed by atoms with Crippen LogP contribution >= 0.6 is 0 Å². The maximum Gasteiger partial charge on any atom is 0.264 e. The van der Waals surface area contributed by atoms with Crippen LogP contribution in [0.25, 0.3) is 0 Å². The molecule has 0 radical (unpaired) electrons. The van der Waals surface area contributed by atoms with Crippen molar-refractivity contribution in [3.05, 3.63) is 35.9 Å². The molecule has 1 aromatic rings. The summed E-state index contributed by atoms with van der Waals surface area (Å²) in [4.78, 5) is 28.8. The number of benzene rings is 1. The third-order valence-electron chi connectivity index (χ3n) is 5.90. The molecule has 1 saturated heterocycles. The van der Waals surface area contributed by atoms with E-state index in [0.717, 1.165) is 31.4 Å². The number of carbonyl (C=O) groups excluding carboxylic acids is 2. The average Bonchev–Trinajstić information content (AvgIpc) is 2.87. The zero-order chi connectivity index (χ0) is 20.3. The van der Waals surface area contributed by atoms with Crippen molar-refractivity contribution < 1.29 is 19.8 Å². The van der Waals surface area contributed by atoms with E-state index in [-0.39, 0.29) is 18.4 Å². The lowest BCUT2D eigenvalue weighted by Gasteiger charge is -2.29. The van der Waals surface area contributed by atoms with Crippen molar-refractivity contribution in [2.45, 2.75) is 51.0 Å². The Bertz CT molecular complexity index is 776. The molecule has 0 unspecified atom stereocenters. The van der Waals surface area contributed by atoms with Crippen LogP contribution in [-0.4, -0.2) is 42.2 Å². The Morgan fingerprint density at radius 3 is 2.71 bits per heavy atom. The van der Waals surface area contributed by atoms with E-state index >= 15 is 0 Å². The molecule has 0 aromatic heterocycles. The van der Waals surface area contributed by atoms with Crippen LogP contribution in [0.4, 0.5) is 11.4 Å². The second-order valence-electron chi connectivity index (χ2n) is 7.77. The van der Waals surface area contributed by atoms with Gasteiger partial charge in [0.1, 0.15) is 0 Å². The number of hydrogen-bond acceptors (Lipinski definition) is 4. The van der Waals surface area contributed by atoms with E-state index in [1.165, 1.54) is 4.90 Å². The molecule has 28 heavy (non-hydrogen) atoms. The van der Waals surface area contributed by atoms with Crippen molar-refractivity contribution in [3.63, 3.8) is 0 Å². The van der Waals surface area contributed by atoms with Crippen LogP contribution in [0.1, 0.15) is 51.0 Å². The normalized spacial score (nSPS) is 24.4. The number of aliphatic hydroxyl groups excluding tert-OH is 1. The molecule has 152 valence electrons. The lowest BCUT2D eigenvalue weighted by atomic mass is 9.82. The summed E-state index contributed by atoms with van der Waals surface area (Å²) in [6, 6.07) is 5.48. The van der Waals surface area contributed by atoms with Gasteiger partial charge in [-0.05, 0) is 37.5 Å². The Balaban J connectivity index is 1.99. The van der Waals surface area contributed by atoms with Gasteiger partial charge in [-0.15, -0.1) is 0 Å². The number of nitrogens with zero attached hydrogens (tertiary/aromatic N) is 2. The Morgan fingerprint density at radius 1 is 1.21 bits per heavy atom. The number of amides is 2. The van der Waals surface area contributed by atoms with Crippen molar-refractivity contribution in [1.82, 2.24) is 0 Å². The standard InChI is InChI=1S/C22H30N2O4/c1-16(9-6-8-14-25)22(28)18-15-17(11-12-19(18)23(2)21(22)27)24-13-7-4-3-5-10-20(24)26/h6,9,11-12,15-16,25,28H,3-5,7-8,10,13-14H2,1-2H3/b9-6+/t16-,22+/m0/s1. The minimum absolute atomic E-state index is 0.0211. The first-order valence-electron chi connectivity index (χ1n) is 10.1. The first-order chi connectivity index (χ1) is 13.4. The first kappa shape index (κ1) is 20.6. The molecule has 2 aliphatic heterocycles. The fraction of sp³-hybridized carbons (Fsp3) is 0.545. The van der Waals surface area contributed by atoms with Gasteiger partial charge in [0.05, 0.1) is 5.69 Å². The molecule has 2 heterocycles. The van der Waals surface area contributed by atoms with Crippen molar-refractivity contribution >= 4 is 23.2 Å². The number of hydrogen-bond donors (Lipinski definition) is 2. The molecule has 1 fully saturated rings. The number of aliphatic hydroxyl groups is 2. The van der Waals surface area contributed by atoms with Crippen LogP contribution < -0.4 is 9.80 Å². The third-order valence-corrected chi connectivity index (χ3v) is 5.90. The average molecular weight is 386 g/mol. The Labute approximate surface area is 166 Å². The maximum atomic E-state index is 12.9. The predicted molar refractivity (Wildman–Crippen MR) is 109 cm³/mol. The summed E-state index contributed by atoms with van der Waals surface area (Å²) in [5, 5.41) is 20.4. The maximum absolute atomic E-state index is 12.9. The van der Waals surface area contributed by atoms with Crippen molar-refractivity contribution in [2.24, 2.45) is 5.92 Å². The molecular formula is C22H30N2O4. The Morgan fingerprint density at radius 2 is 1.96 bits per heavy atom. The Kier molecular flexibility index (Phi) is 6.20. The van der Waals surface area contributed by atoms with Crippen LogP contribution in [0.3, 0.4) is 0 Å². The van der Waals surface area contributed by atoms with E-state index in [2.05, 4.69) is 0 Å². The van der Waals surface area contributed by atoms with E-state index < -0.39 is 11.5 Å². The lowest BCUT2D eigenvalue weighted by Crippen LogP contribution is -2.43. The SMILES string of the molecule is C[C@@H](/C=C/CCO)[C@]1(O)C(=O)N(C)c2ccc(N3CCCCCCC3=O)cc21. The highest BCUT2D eigenvalue weighted by atomic mass is 16.3. The van der Waals surface area contributed by atoms with Crippen LogP contribution in [0.15, 0.2) is 30.4 Å². The van der Waals surface area contributed by atoms with Crippen LogP contribution in [0, 0.1) is 5.92 Å². The summed E-state index contributed by atoms with van der Waals surface area (Å²) in [6.07, 6.45) is 8.59. The molecule has 0 bridgehead atoms.